The maximum Gasteiger partial charge on any atom is 0.512 e. The summed E-state index contributed by atoms with van der Waals surface area (Å²) < 4.78 is 73.2. The lowest BCUT2D eigenvalue weighted by atomic mass is 9.89. The van der Waals surface area contributed by atoms with Crippen LogP contribution in [0.15, 0.2) is 67.3 Å². The number of halogens is 3. The van der Waals surface area contributed by atoms with Crippen molar-refractivity contribution in [2.24, 2.45) is 0 Å². The molecule has 0 N–H and O–H groups in total. The Labute approximate surface area is 337 Å². The smallest absolute Gasteiger partial charge is 0.428 e. The van der Waals surface area contributed by atoms with Gasteiger partial charge in [-0.05, 0) is 63.2 Å². The van der Waals surface area contributed by atoms with Gasteiger partial charge in [0, 0.05) is 48.0 Å². The predicted octanol–water partition coefficient (Wildman–Crippen LogP) is 5.34. The molecular weight excluding hydrogens is 782 g/mol. The lowest BCUT2D eigenvalue weighted by Gasteiger charge is -2.44. The van der Waals surface area contributed by atoms with Crippen LogP contribution in [-0.4, -0.2) is 112 Å². The second kappa shape index (κ2) is 20.0. The number of benzene rings is 2. The van der Waals surface area contributed by atoms with Crippen LogP contribution < -0.4 is 0 Å². The highest BCUT2D eigenvalue weighted by Gasteiger charge is 2.47. The number of nitriles is 1. The monoisotopic (exact) mass is 824 g/mol. The number of esters is 1. The zero-order valence-corrected chi connectivity index (χ0v) is 32.5. The maximum absolute atomic E-state index is 15.7. The van der Waals surface area contributed by atoms with Crippen LogP contribution in [0.1, 0.15) is 49.3 Å². The van der Waals surface area contributed by atoms with Gasteiger partial charge < -0.3 is 28.6 Å². The van der Waals surface area contributed by atoms with Gasteiger partial charge in [0.15, 0.2) is 11.9 Å². The minimum atomic E-state index is -1.89. The Balaban J connectivity index is 1.05. The average Bonchev–Trinajstić information content (AvgIpc) is 3.91. The number of ether oxygens (including phenoxy) is 5. The Morgan fingerprint density at radius 1 is 1.03 bits per heavy atom. The molecule has 0 bridgehead atoms. The van der Waals surface area contributed by atoms with E-state index in [9.17, 15) is 23.2 Å². The minimum absolute atomic E-state index is 0.0562. The third kappa shape index (κ3) is 11.0. The molecule has 1 aromatic heterocycles. The molecule has 2 unspecified atom stereocenters. The van der Waals surface area contributed by atoms with Crippen molar-refractivity contribution in [3.05, 3.63) is 101 Å². The van der Waals surface area contributed by atoms with E-state index < -0.39 is 53.5 Å². The first-order valence-electron chi connectivity index (χ1n) is 18.8. The number of hydrogen-bond acceptors (Lipinski definition) is 13. The summed E-state index contributed by atoms with van der Waals surface area (Å²) >= 11 is 1.25. The van der Waals surface area contributed by atoms with E-state index in [0.717, 1.165) is 38.1 Å². The molecule has 0 spiro atoms. The number of carbonyl (C=O) groups is 3. The second-order valence-electron chi connectivity index (χ2n) is 14.0. The molecule has 0 radical (unpaired) electrons. The van der Waals surface area contributed by atoms with E-state index in [4.69, 9.17) is 28.9 Å². The fraction of sp³-hybridized carbons (Fsp3) is 0.450. The highest BCUT2D eigenvalue weighted by molar-refractivity contribution is 8.00. The summed E-state index contributed by atoms with van der Waals surface area (Å²) in [5, 5.41) is 11.9. The van der Waals surface area contributed by atoms with Gasteiger partial charge in [-0.25, -0.2) is 27.6 Å². The highest BCUT2D eigenvalue weighted by Crippen LogP contribution is 2.42. The van der Waals surface area contributed by atoms with Crippen LogP contribution in [0, 0.1) is 28.8 Å². The number of hydrogen-bond donors (Lipinski definition) is 0. The molecule has 3 fully saturated rings. The SMILES string of the molecule is CC(SC1COC(C=CC=Cc2ccc(C#N)cc2F)OC1)C(Cn1cncn1)(OC(=O)OCOC(=O)CCC(=O)N1CC(N2CCCC2)C1)c1ccc(F)cc1F. The molecule has 18 heteroatoms. The first-order chi connectivity index (χ1) is 28.0. The van der Waals surface area contributed by atoms with Crippen LogP contribution in [0.3, 0.4) is 0 Å². The number of carbonyl (C=O) groups excluding carboxylic acids is 3. The summed E-state index contributed by atoms with van der Waals surface area (Å²) in [7, 11) is 0. The Morgan fingerprint density at radius 3 is 2.50 bits per heavy atom. The van der Waals surface area contributed by atoms with Crippen molar-refractivity contribution in [1.29, 1.82) is 5.26 Å². The fourth-order valence-corrected chi connectivity index (χ4v) is 8.24. The number of rotatable bonds is 16. The van der Waals surface area contributed by atoms with E-state index in [0.29, 0.717) is 30.8 Å². The molecule has 2 aromatic carbocycles. The van der Waals surface area contributed by atoms with Crippen molar-refractivity contribution in [3.63, 3.8) is 0 Å². The van der Waals surface area contributed by atoms with Crippen molar-refractivity contribution in [3.8, 4) is 6.07 Å². The lowest BCUT2D eigenvalue weighted by Crippen LogP contribution is -2.60. The lowest BCUT2D eigenvalue weighted by molar-refractivity contribution is -0.157. The summed E-state index contributed by atoms with van der Waals surface area (Å²) in [6.45, 7) is 4.25. The van der Waals surface area contributed by atoms with Crippen molar-refractivity contribution in [1.82, 2.24) is 24.6 Å². The average molecular weight is 825 g/mol. The van der Waals surface area contributed by atoms with Crippen LogP contribution in [0.4, 0.5) is 18.0 Å². The number of aromatic nitrogens is 3. The number of thioether (sulfide) groups is 1. The summed E-state index contributed by atoms with van der Waals surface area (Å²) in [5.74, 6) is -3.31. The molecule has 308 valence electrons. The van der Waals surface area contributed by atoms with E-state index in [1.165, 1.54) is 53.4 Å². The molecule has 1 amide bonds. The van der Waals surface area contributed by atoms with Gasteiger partial charge in [0.2, 0.25) is 12.7 Å². The quantitative estimate of drug-likeness (QED) is 0.104. The number of amides is 1. The van der Waals surface area contributed by atoms with Gasteiger partial charge in [-0.2, -0.15) is 10.4 Å². The van der Waals surface area contributed by atoms with E-state index in [1.54, 1.807) is 30.1 Å². The fourth-order valence-electron chi connectivity index (χ4n) is 6.88. The molecular formula is C40H43F3N6O8S. The molecule has 3 saturated heterocycles. The zero-order valence-electron chi connectivity index (χ0n) is 31.7. The van der Waals surface area contributed by atoms with Gasteiger partial charge in [-0.1, -0.05) is 24.3 Å². The van der Waals surface area contributed by atoms with Crippen LogP contribution in [0.2, 0.25) is 0 Å². The summed E-state index contributed by atoms with van der Waals surface area (Å²) in [4.78, 5) is 46.4. The van der Waals surface area contributed by atoms with Crippen LogP contribution >= 0.6 is 11.8 Å². The first-order valence-corrected chi connectivity index (χ1v) is 19.7. The maximum atomic E-state index is 15.7. The van der Waals surface area contributed by atoms with Gasteiger partial charge in [-0.3, -0.25) is 14.5 Å². The molecule has 3 aliphatic rings. The van der Waals surface area contributed by atoms with Crippen LogP contribution in [0.5, 0.6) is 0 Å². The van der Waals surface area contributed by atoms with Crippen molar-refractivity contribution in [2.75, 3.05) is 46.2 Å². The molecule has 58 heavy (non-hydrogen) atoms. The molecule has 6 rings (SSSR count). The van der Waals surface area contributed by atoms with Crippen molar-refractivity contribution >= 4 is 35.9 Å². The van der Waals surface area contributed by atoms with Gasteiger partial charge in [-0.15, -0.1) is 11.8 Å². The van der Waals surface area contributed by atoms with E-state index in [-0.39, 0.29) is 54.9 Å². The topological polar surface area (TPSA) is 158 Å². The van der Waals surface area contributed by atoms with E-state index in [2.05, 4.69) is 15.0 Å². The molecule has 14 nitrogen and oxygen atoms in total. The van der Waals surface area contributed by atoms with E-state index in [1.807, 2.05) is 6.07 Å². The Morgan fingerprint density at radius 2 is 1.81 bits per heavy atom. The zero-order chi connectivity index (χ0) is 41.1. The summed E-state index contributed by atoms with van der Waals surface area (Å²) in [6, 6.07) is 9.27. The first kappa shape index (κ1) is 42.4. The number of likely N-dealkylation sites (tertiary alicyclic amines) is 2. The molecule has 0 saturated carbocycles. The molecule has 3 aromatic rings. The largest absolute Gasteiger partial charge is 0.512 e. The normalized spacial score (nSPS) is 20.4. The molecule has 0 aliphatic carbocycles. The molecule has 2 atom stereocenters. The Hall–Kier alpha value is -5.22. The standard InChI is InChI=1S/C40H43F3N6O8S/c1-27(58-32-21-53-38(54-22-32)7-3-2-6-29-9-8-28(18-44)16-34(29)42)40(23-49-25-45-24-46-49,33-11-10-30(41)17-35(33)43)57-39(52)56-26-55-37(51)13-12-36(50)48-19-31(20-48)47-14-4-5-15-47/h2-3,6-11,16-17,24-25,27,31-32,38H,4-5,12-15,19-23,26H2,1H3. The van der Waals surface area contributed by atoms with Crippen molar-refractivity contribution < 1.29 is 51.2 Å². The van der Waals surface area contributed by atoms with Gasteiger partial charge in [0.1, 0.15) is 30.1 Å². The second-order valence-corrected chi connectivity index (χ2v) is 15.6. The predicted molar refractivity (Wildman–Crippen MR) is 203 cm³/mol. The van der Waals surface area contributed by atoms with Crippen molar-refractivity contribution in [2.45, 2.75) is 67.6 Å². The van der Waals surface area contributed by atoms with Gasteiger partial charge in [0.25, 0.3) is 0 Å². The van der Waals surface area contributed by atoms with Crippen LogP contribution in [-0.2, 0) is 45.4 Å². The number of allylic oxidation sites excluding steroid dienone is 2. The van der Waals surface area contributed by atoms with Gasteiger partial charge >= 0.3 is 12.1 Å². The summed E-state index contributed by atoms with van der Waals surface area (Å²) in [5.41, 5.74) is -1.56. The molecule has 4 heterocycles. The third-order valence-electron chi connectivity index (χ3n) is 10.1. The van der Waals surface area contributed by atoms with E-state index >= 15 is 4.39 Å². The van der Waals surface area contributed by atoms with Gasteiger partial charge in [0.05, 0.1) is 43.1 Å². The highest BCUT2D eigenvalue weighted by atomic mass is 32.2. The Bertz CT molecular complexity index is 2000. The number of nitrogens with zero attached hydrogens (tertiary/aromatic N) is 6. The minimum Gasteiger partial charge on any atom is -0.428 e. The van der Waals surface area contributed by atoms with Crippen LogP contribution in [0.25, 0.3) is 6.08 Å². The third-order valence-corrected chi connectivity index (χ3v) is 11.5. The summed E-state index contributed by atoms with van der Waals surface area (Å²) in [6.07, 6.45) is 8.99. The molecule has 3 aliphatic heterocycles. The Kier molecular flexibility index (Phi) is 14.6.